The van der Waals surface area contributed by atoms with Crippen LogP contribution in [0, 0.1) is 24.0 Å². The van der Waals surface area contributed by atoms with Gasteiger partial charge in [-0.25, -0.2) is 18.6 Å². The topological polar surface area (TPSA) is 86.6 Å². The molecule has 2 amide bonds. The summed E-state index contributed by atoms with van der Waals surface area (Å²) in [5.41, 5.74) is 0.157. The van der Waals surface area contributed by atoms with Gasteiger partial charge in [-0.2, -0.15) is 0 Å². The molecule has 0 atom stereocenters. The summed E-state index contributed by atoms with van der Waals surface area (Å²) >= 11 is 0. The van der Waals surface area contributed by atoms with Crippen LogP contribution in [0.15, 0.2) is 47.6 Å². The van der Waals surface area contributed by atoms with E-state index in [1.807, 2.05) is 19.2 Å². The Kier molecular flexibility index (Phi) is 8.06. The Morgan fingerprint density at radius 3 is 2.76 bits per heavy atom. The molecule has 3 aromatic rings. The molecule has 0 bridgehead atoms. The van der Waals surface area contributed by atoms with Crippen LogP contribution in [0.3, 0.4) is 0 Å². The summed E-state index contributed by atoms with van der Waals surface area (Å²) in [7, 11) is 1.86. The van der Waals surface area contributed by atoms with Crippen molar-refractivity contribution in [2.75, 3.05) is 18.9 Å². The molecule has 1 aromatic heterocycles. The number of anilines is 1. The normalized spacial score (nSPS) is 11.0. The highest BCUT2D eigenvalue weighted by Crippen LogP contribution is 2.38. The van der Waals surface area contributed by atoms with Gasteiger partial charge in [0.2, 0.25) is 0 Å². The number of phenols is 1. The number of fused-ring (bicyclic) bond motifs is 1. The van der Waals surface area contributed by atoms with Gasteiger partial charge in [-0.15, -0.1) is 6.42 Å². The largest absolute Gasteiger partial charge is 0.508 e. The third kappa shape index (κ3) is 5.27. The maximum atomic E-state index is 15.8. The number of allylic oxidation sites excluding steroid dienone is 1. The Balaban J connectivity index is 2.14. The van der Waals surface area contributed by atoms with Crippen LogP contribution >= 0.6 is 0 Å². The Hall–Kier alpha value is -4.09. The maximum absolute atomic E-state index is 15.8. The van der Waals surface area contributed by atoms with E-state index in [4.69, 9.17) is 6.42 Å². The molecule has 0 saturated carbocycles. The van der Waals surface area contributed by atoms with Gasteiger partial charge in [0, 0.05) is 17.1 Å². The number of phenolic OH excluding ortho intramolecular Hbond substituents is 1. The van der Waals surface area contributed by atoms with E-state index in [-0.39, 0.29) is 33.6 Å². The second-order valence-electron chi connectivity index (χ2n) is 7.47. The van der Waals surface area contributed by atoms with E-state index in [1.54, 1.807) is 0 Å². The summed E-state index contributed by atoms with van der Waals surface area (Å²) in [6.07, 6.45) is 12.8. The summed E-state index contributed by atoms with van der Waals surface area (Å²) in [6.45, 7) is 4.01. The first-order valence-electron chi connectivity index (χ1n) is 10.6. The van der Waals surface area contributed by atoms with Crippen LogP contribution in [0.2, 0.25) is 0 Å². The number of nitrogens with one attached hydrogen (secondary N) is 2. The first-order chi connectivity index (χ1) is 16.4. The molecule has 0 saturated heterocycles. The zero-order chi connectivity index (χ0) is 24.7. The fourth-order valence-corrected chi connectivity index (χ4v) is 3.64. The van der Waals surface area contributed by atoms with Crippen molar-refractivity contribution >= 4 is 29.2 Å². The lowest BCUT2D eigenvalue weighted by Gasteiger charge is -2.15. The number of terminal acetylenes is 1. The number of aliphatic imine (C=N–C) groups is 1. The summed E-state index contributed by atoms with van der Waals surface area (Å²) in [4.78, 5) is 19.5. The van der Waals surface area contributed by atoms with Crippen molar-refractivity contribution in [1.29, 1.82) is 0 Å². The molecular formula is C26H24F2N4O2. The standard InChI is InChI=1S/C26H24F2N4O2/c1-4-19-21(27)11-10-16-13-18(33)14-20(22(16)19)25-23(28)24(32-26(34)30-3)17(15-31-25)9-7-5-6-8-12-29-2/h1,5-6,10-11,13-15,29,33H,3,7-9,12H2,2H3,(H,31,32,34)/b6-5-. The van der Waals surface area contributed by atoms with Gasteiger partial charge in [0.15, 0.2) is 5.82 Å². The minimum Gasteiger partial charge on any atom is -0.508 e. The second kappa shape index (κ2) is 11.2. The van der Waals surface area contributed by atoms with Gasteiger partial charge in [0.25, 0.3) is 0 Å². The molecule has 0 aliphatic heterocycles. The quantitative estimate of drug-likeness (QED) is 0.186. The number of hydrogen-bond acceptors (Lipinski definition) is 4. The number of aromatic hydroxyl groups is 1. The molecule has 8 heteroatoms. The van der Waals surface area contributed by atoms with E-state index in [9.17, 15) is 14.3 Å². The van der Waals surface area contributed by atoms with Crippen LogP contribution < -0.4 is 10.6 Å². The molecule has 6 nitrogen and oxygen atoms in total. The number of nitrogens with zero attached hydrogens (tertiary/aromatic N) is 2. The molecule has 1 heterocycles. The third-order valence-corrected chi connectivity index (χ3v) is 5.23. The smallest absolute Gasteiger partial charge is 0.344 e. The molecule has 0 radical (unpaired) electrons. The predicted molar refractivity (Wildman–Crippen MR) is 131 cm³/mol. The van der Waals surface area contributed by atoms with Gasteiger partial charge in [0.05, 0.1) is 11.3 Å². The zero-order valence-corrected chi connectivity index (χ0v) is 18.7. The molecule has 0 aliphatic rings. The van der Waals surface area contributed by atoms with E-state index in [0.717, 1.165) is 13.0 Å². The van der Waals surface area contributed by atoms with Gasteiger partial charge >= 0.3 is 6.03 Å². The van der Waals surface area contributed by atoms with Crippen molar-refractivity contribution in [2.24, 2.45) is 4.99 Å². The van der Waals surface area contributed by atoms with Gasteiger partial charge in [0.1, 0.15) is 17.3 Å². The SMILES string of the molecule is C#Cc1c(F)ccc2cc(O)cc(-c3ncc(CC/C=C\CCNC)c(NC(=O)N=C)c3F)c12. The summed E-state index contributed by atoms with van der Waals surface area (Å²) in [6, 6.07) is 4.44. The Morgan fingerprint density at radius 1 is 1.29 bits per heavy atom. The second-order valence-corrected chi connectivity index (χ2v) is 7.47. The Labute approximate surface area is 196 Å². The van der Waals surface area contributed by atoms with Crippen molar-refractivity contribution < 1.29 is 18.7 Å². The number of pyridine rings is 1. The number of aromatic nitrogens is 1. The predicted octanol–water partition coefficient (Wildman–Crippen LogP) is 5.20. The Morgan fingerprint density at radius 2 is 2.06 bits per heavy atom. The number of carbonyl (C=O) groups is 1. The summed E-state index contributed by atoms with van der Waals surface area (Å²) < 4.78 is 30.2. The molecule has 3 N–H and O–H groups in total. The lowest BCUT2D eigenvalue weighted by atomic mass is 9.95. The first-order valence-corrected chi connectivity index (χ1v) is 10.6. The van der Waals surface area contributed by atoms with Crippen molar-refractivity contribution in [3.8, 4) is 29.4 Å². The van der Waals surface area contributed by atoms with Gasteiger partial charge in [-0.1, -0.05) is 24.1 Å². The number of rotatable bonds is 8. The number of halogens is 2. The van der Waals surface area contributed by atoms with Crippen molar-refractivity contribution in [2.45, 2.75) is 19.3 Å². The van der Waals surface area contributed by atoms with Crippen LogP contribution in [0.25, 0.3) is 22.0 Å². The van der Waals surface area contributed by atoms with Gasteiger partial charge in [-0.3, -0.25) is 4.98 Å². The van der Waals surface area contributed by atoms with Crippen LogP contribution in [0.4, 0.5) is 19.3 Å². The minimum atomic E-state index is -0.854. The summed E-state index contributed by atoms with van der Waals surface area (Å²) in [5.74, 6) is 0.605. The monoisotopic (exact) mass is 462 g/mol. The lowest BCUT2D eigenvalue weighted by Crippen LogP contribution is -2.11. The molecule has 0 unspecified atom stereocenters. The zero-order valence-electron chi connectivity index (χ0n) is 18.7. The highest BCUT2D eigenvalue weighted by Gasteiger charge is 2.21. The number of carbonyl (C=O) groups excluding carboxylic acids is 1. The fourth-order valence-electron chi connectivity index (χ4n) is 3.64. The average molecular weight is 463 g/mol. The molecule has 0 aliphatic carbocycles. The molecule has 2 aromatic carbocycles. The van der Waals surface area contributed by atoms with Crippen molar-refractivity contribution in [3.05, 3.63) is 65.4 Å². The molecule has 34 heavy (non-hydrogen) atoms. The Bertz CT molecular complexity index is 1310. The van der Waals surface area contributed by atoms with Crippen molar-refractivity contribution in [1.82, 2.24) is 10.3 Å². The highest BCUT2D eigenvalue weighted by molar-refractivity contribution is 6.02. The first kappa shape index (κ1) is 24.6. The number of aryl methyl sites for hydroxylation is 1. The van der Waals surface area contributed by atoms with Gasteiger partial charge < -0.3 is 15.7 Å². The van der Waals surface area contributed by atoms with Crippen LogP contribution in [0.1, 0.15) is 24.0 Å². The fraction of sp³-hybridized carbons (Fsp3) is 0.192. The van der Waals surface area contributed by atoms with Crippen LogP contribution in [-0.4, -0.2) is 36.4 Å². The summed E-state index contributed by atoms with van der Waals surface area (Å²) in [5, 5.41) is 16.3. The highest BCUT2D eigenvalue weighted by atomic mass is 19.1. The molecule has 0 fully saturated rings. The average Bonchev–Trinajstić information content (AvgIpc) is 2.82. The molecule has 0 spiro atoms. The van der Waals surface area contributed by atoms with E-state index < -0.39 is 17.7 Å². The minimum absolute atomic E-state index is 0.0807. The third-order valence-electron chi connectivity index (χ3n) is 5.23. The van der Waals surface area contributed by atoms with E-state index >= 15 is 4.39 Å². The van der Waals surface area contributed by atoms with Crippen LogP contribution in [0.5, 0.6) is 5.75 Å². The molecular weight excluding hydrogens is 438 g/mol. The van der Waals surface area contributed by atoms with E-state index in [0.29, 0.717) is 23.8 Å². The van der Waals surface area contributed by atoms with Crippen molar-refractivity contribution in [3.63, 3.8) is 0 Å². The van der Waals surface area contributed by atoms with Gasteiger partial charge in [-0.05, 0) is 68.7 Å². The number of hydrogen-bond donors (Lipinski definition) is 3. The number of urea groups is 1. The maximum Gasteiger partial charge on any atom is 0.344 e. The molecule has 3 rings (SSSR count). The lowest BCUT2D eigenvalue weighted by molar-refractivity contribution is 0.259. The van der Waals surface area contributed by atoms with E-state index in [1.165, 1.54) is 30.5 Å². The van der Waals surface area contributed by atoms with E-state index in [2.05, 4.69) is 33.2 Å². The number of amides is 2. The molecule has 174 valence electrons. The number of benzene rings is 2. The van der Waals surface area contributed by atoms with Crippen LogP contribution in [-0.2, 0) is 6.42 Å².